The highest BCUT2D eigenvalue weighted by Gasteiger charge is 2.29. The minimum Gasteiger partial charge on any atom is -0.481 e. The van der Waals surface area contributed by atoms with Crippen LogP contribution in [0.25, 0.3) is 0 Å². The number of hydrogen-bond donors (Lipinski definition) is 2. The third kappa shape index (κ3) is 10.5. The van der Waals surface area contributed by atoms with Crippen molar-refractivity contribution in [1.82, 2.24) is 0 Å². The molecule has 0 unspecified atom stereocenters. The molecule has 2 amide bonds. The number of carbonyl (C=O) groups is 4. The number of carboxylic acid groups (broad SMARTS) is 2. The normalized spacial score (nSPS) is 11.7. The summed E-state index contributed by atoms with van der Waals surface area (Å²) < 4.78 is 0. The smallest absolute Gasteiger partial charge is 0.309 e. The summed E-state index contributed by atoms with van der Waals surface area (Å²) >= 11 is 0. The van der Waals surface area contributed by atoms with Crippen LogP contribution < -0.4 is 9.80 Å². The van der Waals surface area contributed by atoms with Gasteiger partial charge in [0.2, 0.25) is 11.8 Å². The summed E-state index contributed by atoms with van der Waals surface area (Å²) in [7, 11) is 0. The summed E-state index contributed by atoms with van der Waals surface area (Å²) in [5.74, 6) is -1.79. The molecule has 0 radical (unpaired) electrons. The van der Waals surface area contributed by atoms with Gasteiger partial charge in [-0.3, -0.25) is 19.2 Å². The fraction of sp³-hybridized carbons (Fsp3) is 0.556. The number of aryl methyl sites for hydroxylation is 4. The molecule has 0 heterocycles. The van der Waals surface area contributed by atoms with Gasteiger partial charge in [-0.15, -0.1) is 0 Å². The highest BCUT2D eigenvalue weighted by atomic mass is 16.4. The summed E-state index contributed by atoms with van der Waals surface area (Å²) in [6.45, 7) is 15.5. The first-order valence-electron chi connectivity index (χ1n) is 15.7. The number of amides is 2. The Hall–Kier alpha value is -3.68. The van der Waals surface area contributed by atoms with Crippen molar-refractivity contribution in [2.45, 2.75) is 107 Å². The van der Waals surface area contributed by atoms with Crippen LogP contribution in [-0.4, -0.2) is 47.1 Å². The first kappa shape index (κ1) is 36.5. The molecule has 2 aromatic carbocycles. The lowest BCUT2D eigenvalue weighted by Gasteiger charge is -2.28. The highest BCUT2D eigenvalue weighted by molar-refractivity contribution is 5.95. The van der Waals surface area contributed by atoms with Crippen LogP contribution in [0.4, 0.5) is 11.4 Å². The summed E-state index contributed by atoms with van der Waals surface area (Å²) in [5, 5.41) is 19.0. The van der Waals surface area contributed by atoms with Gasteiger partial charge in [0.15, 0.2) is 0 Å². The summed E-state index contributed by atoms with van der Waals surface area (Å²) in [4.78, 5) is 53.8. The van der Waals surface area contributed by atoms with E-state index in [9.17, 15) is 29.4 Å². The van der Waals surface area contributed by atoms with Gasteiger partial charge in [0, 0.05) is 37.3 Å². The maximum atomic E-state index is 13.5. The van der Waals surface area contributed by atoms with E-state index in [1.54, 1.807) is 37.5 Å². The topological polar surface area (TPSA) is 115 Å². The molecular formula is C36H52N2O6. The molecule has 242 valence electrons. The Morgan fingerprint density at radius 2 is 0.932 bits per heavy atom. The molecule has 0 aliphatic rings. The molecule has 0 aliphatic carbocycles. The maximum Gasteiger partial charge on any atom is 0.309 e. The minimum absolute atomic E-state index is 0.0402. The zero-order valence-corrected chi connectivity index (χ0v) is 28.0. The number of benzene rings is 2. The number of anilines is 2. The van der Waals surface area contributed by atoms with Gasteiger partial charge in [0.05, 0.1) is 10.8 Å². The van der Waals surface area contributed by atoms with Gasteiger partial charge in [-0.2, -0.15) is 0 Å². The molecule has 8 nitrogen and oxygen atoms in total. The van der Waals surface area contributed by atoms with Gasteiger partial charge in [-0.05, 0) is 128 Å². The molecule has 8 heteroatoms. The molecule has 0 saturated carbocycles. The van der Waals surface area contributed by atoms with Crippen LogP contribution in [0.15, 0.2) is 36.4 Å². The lowest BCUT2D eigenvalue weighted by molar-refractivity contribution is -0.148. The van der Waals surface area contributed by atoms with Crippen molar-refractivity contribution in [3.63, 3.8) is 0 Å². The lowest BCUT2D eigenvalue weighted by atomic mass is 9.88. The van der Waals surface area contributed by atoms with E-state index in [0.717, 1.165) is 33.6 Å². The first-order chi connectivity index (χ1) is 20.5. The van der Waals surface area contributed by atoms with Gasteiger partial charge in [0.25, 0.3) is 0 Å². The predicted molar refractivity (Wildman–Crippen MR) is 176 cm³/mol. The number of hydrogen-bond acceptors (Lipinski definition) is 4. The Kier molecular flexibility index (Phi) is 13.2. The molecule has 2 aromatic rings. The first-order valence-corrected chi connectivity index (χ1v) is 15.7. The van der Waals surface area contributed by atoms with Crippen LogP contribution in [0.1, 0.15) is 101 Å². The Balaban J connectivity index is 2.10. The number of aliphatic carboxylic acids is 2. The van der Waals surface area contributed by atoms with Crippen LogP contribution in [0.2, 0.25) is 0 Å². The number of carboxylic acids is 2. The van der Waals surface area contributed by atoms with Gasteiger partial charge in [-0.25, -0.2) is 0 Å². The van der Waals surface area contributed by atoms with E-state index in [4.69, 9.17) is 0 Å². The molecule has 2 rings (SSSR count). The Labute approximate surface area is 263 Å². The second kappa shape index (κ2) is 15.9. The van der Waals surface area contributed by atoms with Crippen LogP contribution in [0.3, 0.4) is 0 Å². The van der Waals surface area contributed by atoms with Crippen molar-refractivity contribution in [2.75, 3.05) is 22.9 Å². The number of nitrogens with zero attached hydrogens (tertiary/aromatic N) is 2. The molecule has 0 bridgehead atoms. The van der Waals surface area contributed by atoms with Gasteiger partial charge in [-0.1, -0.05) is 24.3 Å². The zero-order chi connectivity index (χ0) is 33.2. The van der Waals surface area contributed by atoms with Crippen LogP contribution >= 0.6 is 0 Å². The molecule has 0 atom stereocenters. The Morgan fingerprint density at radius 1 is 0.591 bits per heavy atom. The standard InChI is InChI=1S/C36H52N2O6/c1-25-15-17-27(3)29(23-25)37(21-11-19-35(5,6)33(41)42)31(39)13-9-10-14-32(40)38(22-12-20-36(7,8)34(43)44)30-24-26(2)16-18-28(30)4/h15-18,23-24H,9-14,19-22H2,1-8H3,(H,41,42)(H,43,44). The summed E-state index contributed by atoms with van der Waals surface area (Å²) in [6.07, 6.45) is 3.64. The van der Waals surface area contributed by atoms with Crippen molar-refractivity contribution in [2.24, 2.45) is 10.8 Å². The minimum atomic E-state index is -0.873. The SMILES string of the molecule is Cc1ccc(C)c(N(CCCC(C)(C)C(=O)O)C(=O)CCCCC(=O)N(CCCC(C)(C)C(=O)O)c2cc(C)ccc2C)c1. The molecule has 0 saturated heterocycles. The van der Waals surface area contributed by atoms with E-state index < -0.39 is 22.8 Å². The Morgan fingerprint density at radius 3 is 1.25 bits per heavy atom. The van der Waals surface area contributed by atoms with E-state index in [1.807, 2.05) is 64.1 Å². The molecule has 0 aliphatic heterocycles. The fourth-order valence-corrected chi connectivity index (χ4v) is 5.17. The maximum absolute atomic E-state index is 13.5. The van der Waals surface area contributed by atoms with Crippen LogP contribution in [0.5, 0.6) is 0 Å². The molecule has 0 fully saturated rings. The number of unbranched alkanes of at least 4 members (excludes halogenated alkanes) is 1. The van der Waals surface area contributed by atoms with Crippen molar-refractivity contribution in [1.29, 1.82) is 0 Å². The van der Waals surface area contributed by atoms with E-state index >= 15 is 0 Å². The quantitative estimate of drug-likeness (QED) is 0.178. The Bertz CT molecular complexity index is 1230. The molecular weight excluding hydrogens is 556 g/mol. The monoisotopic (exact) mass is 608 g/mol. The average molecular weight is 609 g/mol. The van der Waals surface area contributed by atoms with Gasteiger partial charge >= 0.3 is 11.9 Å². The number of rotatable bonds is 17. The van der Waals surface area contributed by atoms with Crippen molar-refractivity contribution in [3.8, 4) is 0 Å². The zero-order valence-electron chi connectivity index (χ0n) is 28.0. The van der Waals surface area contributed by atoms with Crippen molar-refractivity contribution < 1.29 is 29.4 Å². The highest BCUT2D eigenvalue weighted by Crippen LogP contribution is 2.29. The van der Waals surface area contributed by atoms with E-state index in [0.29, 0.717) is 51.6 Å². The molecule has 44 heavy (non-hydrogen) atoms. The predicted octanol–water partition coefficient (Wildman–Crippen LogP) is 7.63. The van der Waals surface area contributed by atoms with Crippen molar-refractivity contribution >= 4 is 35.1 Å². The largest absolute Gasteiger partial charge is 0.481 e. The second-order valence-electron chi connectivity index (χ2n) is 13.5. The fourth-order valence-electron chi connectivity index (χ4n) is 5.17. The third-order valence-corrected chi connectivity index (χ3v) is 8.47. The van der Waals surface area contributed by atoms with E-state index in [2.05, 4.69) is 0 Å². The molecule has 2 N–H and O–H groups in total. The second-order valence-corrected chi connectivity index (χ2v) is 13.5. The average Bonchev–Trinajstić information content (AvgIpc) is 2.94. The van der Waals surface area contributed by atoms with Gasteiger partial charge in [0.1, 0.15) is 0 Å². The lowest BCUT2D eigenvalue weighted by Crippen LogP contribution is -2.34. The summed E-state index contributed by atoms with van der Waals surface area (Å²) in [6, 6.07) is 12.0. The van der Waals surface area contributed by atoms with Crippen LogP contribution in [-0.2, 0) is 19.2 Å². The van der Waals surface area contributed by atoms with E-state index in [-0.39, 0.29) is 24.7 Å². The van der Waals surface area contributed by atoms with Crippen LogP contribution in [0, 0.1) is 38.5 Å². The molecule has 0 aromatic heterocycles. The molecule has 0 spiro atoms. The van der Waals surface area contributed by atoms with E-state index in [1.165, 1.54) is 0 Å². The summed E-state index contributed by atoms with van der Waals surface area (Å²) in [5.41, 5.74) is 3.97. The number of carbonyl (C=O) groups excluding carboxylic acids is 2. The van der Waals surface area contributed by atoms with Gasteiger partial charge < -0.3 is 20.0 Å². The third-order valence-electron chi connectivity index (χ3n) is 8.47. The van der Waals surface area contributed by atoms with Crippen molar-refractivity contribution in [3.05, 3.63) is 58.7 Å².